The maximum Gasteiger partial charge on any atom is 0.333 e. The van der Waals surface area contributed by atoms with Crippen molar-refractivity contribution in [2.75, 3.05) is 6.61 Å². The first-order chi connectivity index (χ1) is 22.2. The molecular formula is C35H52O13. The summed E-state index contributed by atoms with van der Waals surface area (Å²) in [7, 11) is 0. The summed E-state index contributed by atoms with van der Waals surface area (Å²) >= 11 is 0. The second-order valence-corrected chi connectivity index (χ2v) is 13.8. The lowest BCUT2D eigenvalue weighted by Crippen LogP contribution is -2.68. The third-order valence-corrected chi connectivity index (χ3v) is 10.1. The van der Waals surface area contributed by atoms with Crippen LogP contribution in [0.4, 0.5) is 0 Å². The molecule has 1 aliphatic heterocycles. The molecule has 0 aromatic carbocycles. The van der Waals surface area contributed by atoms with Gasteiger partial charge in [-0.25, -0.2) is 9.59 Å². The van der Waals surface area contributed by atoms with E-state index in [4.69, 9.17) is 28.4 Å². The maximum absolute atomic E-state index is 13.1. The normalized spacial score (nSPS) is 34.6. The fourth-order valence-corrected chi connectivity index (χ4v) is 6.66. The standard InChI is InChI=1S/C35H52O13/c1-11-18(3)30(40)46-26-20(5)44-32(28(27(26)45-22(7)37)47-31(41)19(4)12-2)48-33(8,9)35(42)16-15-34(10)14-13-24(38)23(17-43-21(6)36)25(34)29(35)39/h11-12,20,24,26-29,32,38-39,42H,13-17H2,1-10H3/b18-11-,19-12-/t20-,24?,26+,27+,28-,29?,32+,34-,35?/m1/s1. The number of aliphatic hydroxyl groups is 3. The highest BCUT2D eigenvalue weighted by Crippen LogP contribution is 2.55. The molecule has 1 heterocycles. The molecule has 0 spiro atoms. The van der Waals surface area contributed by atoms with Crippen LogP contribution in [0.1, 0.15) is 94.9 Å². The van der Waals surface area contributed by atoms with E-state index in [0.717, 1.165) is 6.92 Å². The minimum Gasteiger partial charge on any atom is -0.461 e. The first-order valence-corrected chi connectivity index (χ1v) is 16.4. The Morgan fingerprint density at radius 1 is 0.875 bits per heavy atom. The van der Waals surface area contributed by atoms with Crippen molar-refractivity contribution in [3.8, 4) is 0 Å². The Morgan fingerprint density at radius 2 is 1.44 bits per heavy atom. The number of carbonyl (C=O) groups excluding carboxylic acids is 4. The van der Waals surface area contributed by atoms with E-state index in [9.17, 15) is 34.5 Å². The molecule has 1 saturated heterocycles. The first kappa shape index (κ1) is 39.3. The van der Waals surface area contributed by atoms with Crippen molar-refractivity contribution in [1.29, 1.82) is 0 Å². The van der Waals surface area contributed by atoms with E-state index in [2.05, 4.69) is 0 Å². The Kier molecular flexibility index (Phi) is 12.5. The average Bonchev–Trinajstić information content (AvgIpc) is 3.01. The van der Waals surface area contributed by atoms with Gasteiger partial charge in [0.25, 0.3) is 0 Å². The zero-order chi connectivity index (χ0) is 36.4. The van der Waals surface area contributed by atoms with Crippen LogP contribution in [0.25, 0.3) is 0 Å². The Balaban J connectivity index is 2.08. The molecule has 0 amide bonds. The van der Waals surface area contributed by atoms with E-state index >= 15 is 0 Å². The van der Waals surface area contributed by atoms with Gasteiger partial charge in [0.15, 0.2) is 24.6 Å². The van der Waals surface area contributed by atoms with Gasteiger partial charge in [0.05, 0.1) is 17.8 Å². The van der Waals surface area contributed by atoms with Crippen molar-refractivity contribution >= 4 is 23.9 Å². The Hall–Kier alpha value is -3.10. The number of aliphatic hydroxyl groups excluding tert-OH is 2. The van der Waals surface area contributed by atoms with E-state index in [1.54, 1.807) is 33.8 Å². The molecule has 2 aliphatic carbocycles. The number of esters is 4. The van der Waals surface area contributed by atoms with Crippen molar-refractivity contribution in [2.24, 2.45) is 5.41 Å². The summed E-state index contributed by atoms with van der Waals surface area (Å²) in [5.41, 5.74) is -3.02. The number of rotatable bonds is 10. The predicted octanol–water partition coefficient (Wildman–Crippen LogP) is 3.12. The Labute approximate surface area is 282 Å². The van der Waals surface area contributed by atoms with Crippen LogP contribution in [-0.2, 0) is 47.6 Å². The number of ether oxygens (including phenoxy) is 6. The van der Waals surface area contributed by atoms with Crippen molar-refractivity contribution in [2.45, 2.75) is 149 Å². The van der Waals surface area contributed by atoms with E-state index in [0.29, 0.717) is 30.4 Å². The molecule has 3 rings (SSSR count). The molecule has 9 atom stereocenters. The fraction of sp³-hybridized carbons (Fsp3) is 0.714. The Morgan fingerprint density at radius 3 is 1.96 bits per heavy atom. The highest BCUT2D eigenvalue weighted by atomic mass is 16.7. The molecule has 1 saturated carbocycles. The van der Waals surface area contributed by atoms with Crippen LogP contribution in [0.2, 0.25) is 0 Å². The molecule has 0 radical (unpaired) electrons. The minimum absolute atomic E-state index is 0.0682. The van der Waals surface area contributed by atoms with Gasteiger partial charge in [0.1, 0.15) is 18.3 Å². The number of hydrogen-bond acceptors (Lipinski definition) is 13. The smallest absolute Gasteiger partial charge is 0.333 e. The lowest BCUT2D eigenvalue weighted by Gasteiger charge is -2.56. The van der Waals surface area contributed by atoms with Crippen molar-refractivity contribution in [3.63, 3.8) is 0 Å². The SMILES string of the molecule is C/C=C(/C)C(=O)O[C@@H]1[C@H](OC(C)=O)[C@@H](OC(=O)/C(C)=C\C)[C@H](OC(C)(C)C2(O)CC[C@@]3(C)CCC(O)C(COC(C)=O)=C3C2O)O[C@@H]1C. The first-order valence-electron chi connectivity index (χ1n) is 16.4. The van der Waals surface area contributed by atoms with Crippen LogP contribution in [0.15, 0.2) is 34.4 Å². The topological polar surface area (TPSA) is 184 Å². The zero-order valence-electron chi connectivity index (χ0n) is 29.7. The van der Waals surface area contributed by atoms with E-state index in [-0.39, 0.29) is 24.2 Å². The molecule has 3 aliphatic rings. The van der Waals surface area contributed by atoms with Gasteiger partial charge >= 0.3 is 23.9 Å². The quantitative estimate of drug-likeness (QED) is 0.132. The van der Waals surface area contributed by atoms with Crippen molar-refractivity contribution in [1.82, 2.24) is 0 Å². The fourth-order valence-electron chi connectivity index (χ4n) is 6.66. The zero-order valence-corrected chi connectivity index (χ0v) is 29.7. The third-order valence-electron chi connectivity index (χ3n) is 10.1. The molecule has 3 unspecified atom stereocenters. The van der Waals surface area contributed by atoms with Gasteiger partial charge < -0.3 is 43.7 Å². The summed E-state index contributed by atoms with van der Waals surface area (Å²) in [6.07, 6.45) is -4.61. The molecule has 3 N–H and O–H groups in total. The largest absolute Gasteiger partial charge is 0.461 e. The van der Waals surface area contributed by atoms with Gasteiger partial charge in [-0.1, -0.05) is 19.1 Å². The van der Waals surface area contributed by atoms with E-state index < -0.39 is 83.4 Å². The van der Waals surface area contributed by atoms with Crippen LogP contribution in [0.5, 0.6) is 0 Å². The van der Waals surface area contributed by atoms with Gasteiger partial charge in [-0.05, 0) is 90.7 Å². The van der Waals surface area contributed by atoms with Gasteiger partial charge in [-0.2, -0.15) is 0 Å². The molecule has 270 valence electrons. The number of carbonyl (C=O) groups is 4. The molecular weight excluding hydrogens is 628 g/mol. The minimum atomic E-state index is -2.00. The summed E-state index contributed by atoms with van der Waals surface area (Å²) in [6.45, 7) is 15.1. The van der Waals surface area contributed by atoms with Gasteiger partial charge in [-0.15, -0.1) is 0 Å². The number of hydrogen-bond donors (Lipinski definition) is 3. The van der Waals surface area contributed by atoms with Crippen molar-refractivity contribution < 1.29 is 62.9 Å². The van der Waals surface area contributed by atoms with Gasteiger partial charge in [-0.3, -0.25) is 9.59 Å². The summed E-state index contributed by atoms with van der Waals surface area (Å²) in [4.78, 5) is 50.0. The molecule has 0 aromatic rings. The molecule has 13 heteroatoms. The van der Waals surface area contributed by atoms with E-state index in [1.165, 1.54) is 33.8 Å². The van der Waals surface area contributed by atoms with E-state index in [1.807, 2.05) is 6.92 Å². The Bertz CT molecular complexity index is 1350. The summed E-state index contributed by atoms with van der Waals surface area (Å²) in [5.74, 6) is -2.78. The maximum atomic E-state index is 13.1. The molecule has 48 heavy (non-hydrogen) atoms. The van der Waals surface area contributed by atoms with Crippen LogP contribution >= 0.6 is 0 Å². The monoisotopic (exact) mass is 680 g/mol. The van der Waals surface area contributed by atoms with Crippen molar-refractivity contribution in [3.05, 3.63) is 34.4 Å². The number of allylic oxidation sites excluding steroid dienone is 2. The lowest BCUT2D eigenvalue weighted by atomic mass is 9.56. The predicted molar refractivity (Wildman–Crippen MR) is 171 cm³/mol. The second-order valence-electron chi connectivity index (χ2n) is 13.8. The number of fused-ring (bicyclic) bond motifs is 1. The highest BCUT2D eigenvalue weighted by molar-refractivity contribution is 5.88. The molecule has 0 aromatic heterocycles. The average molecular weight is 681 g/mol. The van der Waals surface area contributed by atoms with Crippen LogP contribution in [0, 0.1) is 5.41 Å². The van der Waals surface area contributed by atoms with Gasteiger partial charge in [0.2, 0.25) is 0 Å². The summed E-state index contributed by atoms with van der Waals surface area (Å²) in [5, 5.41) is 35.2. The molecule has 13 nitrogen and oxygen atoms in total. The van der Waals surface area contributed by atoms with Crippen LogP contribution in [-0.4, -0.2) is 99.9 Å². The van der Waals surface area contributed by atoms with Crippen LogP contribution < -0.4 is 0 Å². The van der Waals surface area contributed by atoms with Crippen LogP contribution in [0.3, 0.4) is 0 Å². The third kappa shape index (κ3) is 8.02. The highest BCUT2D eigenvalue weighted by Gasteiger charge is 2.61. The molecule has 0 bridgehead atoms. The lowest BCUT2D eigenvalue weighted by molar-refractivity contribution is -0.345. The van der Waals surface area contributed by atoms with Gasteiger partial charge in [0, 0.05) is 25.0 Å². The summed E-state index contributed by atoms with van der Waals surface area (Å²) in [6, 6.07) is 0. The molecule has 2 fully saturated rings. The second kappa shape index (κ2) is 15.2. The summed E-state index contributed by atoms with van der Waals surface area (Å²) < 4.78 is 35.0.